The first kappa shape index (κ1) is 13.5. The number of aromatic nitrogens is 2. The van der Waals surface area contributed by atoms with Gasteiger partial charge in [0.25, 0.3) is 0 Å². The highest BCUT2D eigenvalue weighted by Gasteiger charge is 2.31. The Kier molecular flexibility index (Phi) is 3.43. The molecule has 1 saturated heterocycles. The SMILES string of the molecule is O=S1(=O)CCC(n2ncc(Oc3ccccc3)c2Cl)C1. The van der Waals surface area contributed by atoms with E-state index in [1.54, 1.807) is 0 Å². The number of ether oxygens (including phenoxy) is 1. The van der Waals surface area contributed by atoms with Crippen molar-refractivity contribution < 1.29 is 13.2 Å². The predicted octanol–water partition coefficient (Wildman–Crippen LogP) is 2.69. The molecular formula is C13H13ClN2O3S. The smallest absolute Gasteiger partial charge is 0.184 e. The van der Waals surface area contributed by atoms with Crippen LogP contribution >= 0.6 is 11.6 Å². The summed E-state index contributed by atoms with van der Waals surface area (Å²) in [5, 5.41) is 4.48. The van der Waals surface area contributed by atoms with E-state index in [9.17, 15) is 8.42 Å². The van der Waals surface area contributed by atoms with Crippen LogP contribution in [-0.2, 0) is 9.84 Å². The summed E-state index contributed by atoms with van der Waals surface area (Å²) in [6.07, 6.45) is 2.05. The van der Waals surface area contributed by atoms with Crippen LogP contribution in [0.15, 0.2) is 36.5 Å². The molecule has 0 saturated carbocycles. The summed E-state index contributed by atoms with van der Waals surface area (Å²) >= 11 is 6.23. The van der Waals surface area contributed by atoms with Crippen molar-refractivity contribution >= 4 is 21.4 Å². The zero-order valence-electron chi connectivity index (χ0n) is 10.6. The zero-order chi connectivity index (χ0) is 14.2. The highest BCUT2D eigenvalue weighted by Crippen LogP contribution is 2.33. The third kappa shape index (κ3) is 2.66. The summed E-state index contributed by atoms with van der Waals surface area (Å²) in [7, 11) is -2.97. The van der Waals surface area contributed by atoms with Gasteiger partial charge in [-0.05, 0) is 18.6 Å². The number of hydrogen-bond acceptors (Lipinski definition) is 4. The van der Waals surface area contributed by atoms with Crippen molar-refractivity contribution in [2.24, 2.45) is 0 Å². The van der Waals surface area contributed by atoms with Gasteiger partial charge in [-0.2, -0.15) is 5.10 Å². The summed E-state index contributed by atoms with van der Waals surface area (Å²) < 4.78 is 30.2. The van der Waals surface area contributed by atoms with Crippen molar-refractivity contribution in [1.82, 2.24) is 9.78 Å². The van der Waals surface area contributed by atoms with Gasteiger partial charge in [-0.15, -0.1) is 0 Å². The van der Waals surface area contributed by atoms with Gasteiger partial charge in [0.05, 0.1) is 23.7 Å². The van der Waals surface area contributed by atoms with Crippen molar-refractivity contribution in [3.05, 3.63) is 41.7 Å². The van der Waals surface area contributed by atoms with Gasteiger partial charge in [-0.3, -0.25) is 0 Å². The number of halogens is 1. The molecule has 2 heterocycles. The fourth-order valence-electron chi connectivity index (χ4n) is 2.24. The van der Waals surface area contributed by atoms with Crippen molar-refractivity contribution in [1.29, 1.82) is 0 Å². The molecule has 0 radical (unpaired) electrons. The minimum atomic E-state index is -2.97. The van der Waals surface area contributed by atoms with Crippen LogP contribution in [0.5, 0.6) is 11.5 Å². The van der Waals surface area contributed by atoms with Gasteiger partial charge in [0.2, 0.25) is 0 Å². The molecule has 1 aliphatic rings. The molecule has 1 fully saturated rings. The Morgan fingerprint density at radius 3 is 2.70 bits per heavy atom. The van der Waals surface area contributed by atoms with E-state index in [1.807, 2.05) is 30.3 Å². The largest absolute Gasteiger partial charge is 0.452 e. The van der Waals surface area contributed by atoms with Gasteiger partial charge in [-0.1, -0.05) is 29.8 Å². The summed E-state index contributed by atoms with van der Waals surface area (Å²) in [6.45, 7) is 0. The number of para-hydroxylation sites is 1. The minimum absolute atomic E-state index is 0.0825. The Morgan fingerprint density at radius 1 is 1.30 bits per heavy atom. The molecule has 0 amide bonds. The summed E-state index contributed by atoms with van der Waals surface area (Å²) in [4.78, 5) is 0. The first-order valence-electron chi connectivity index (χ1n) is 6.21. The van der Waals surface area contributed by atoms with Gasteiger partial charge >= 0.3 is 0 Å². The third-order valence-corrected chi connectivity index (χ3v) is 5.34. The molecular weight excluding hydrogens is 300 g/mol. The molecule has 1 aliphatic heterocycles. The molecule has 0 N–H and O–H groups in total. The van der Waals surface area contributed by atoms with Gasteiger partial charge < -0.3 is 4.74 Å². The monoisotopic (exact) mass is 312 g/mol. The van der Waals surface area contributed by atoms with Crippen LogP contribution in [0.1, 0.15) is 12.5 Å². The second-order valence-corrected chi connectivity index (χ2v) is 7.30. The number of benzene rings is 1. The average molecular weight is 313 g/mol. The van der Waals surface area contributed by atoms with Crippen molar-refractivity contribution in [3.63, 3.8) is 0 Å². The maximum Gasteiger partial charge on any atom is 0.184 e. The molecule has 20 heavy (non-hydrogen) atoms. The maximum atomic E-state index is 11.5. The fourth-order valence-corrected chi connectivity index (χ4v) is 4.20. The summed E-state index contributed by atoms with van der Waals surface area (Å²) in [5.74, 6) is 1.36. The molecule has 3 rings (SSSR count). The van der Waals surface area contributed by atoms with Gasteiger partial charge in [0, 0.05) is 0 Å². The molecule has 0 spiro atoms. The number of hydrogen-bond donors (Lipinski definition) is 0. The van der Waals surface area contributed by atoms with E-state index in [4.69, 9.17) is 16.3 Å². The first-order valence-corrected chi connectivity index (χ1v) is 8.41. The molecule has 1 unspecified atom stereocenters. The van der Waals surface area contributed by atoms with E-state index in [0.717, 1.165) is 0 Å². The van der Waals surface area contributed by atoms with Crippen LogP contribution in [-0.4, -0.2) is 29.7 Å². The van der Waals surface area contributed by atoms with Crippen molar-refractivity contribution in [2.45, 2.75) is 12.5 Å². The molecule has 1 aromatic carbocycles. The molecule has 2 aromatic rings. The lowest BCUT2D eigenvalue weighted by molar-refractivity contribution is 0.472. The van der Waals surface area contributed by atoms with Crippen LogP contribution < -0.4 is 4.74 Å². The maximum absolute atomic E-state index is 11.5. The van der Waals surface area contributed by atoms with E-state index >= 15 is 0 Å². The summed E-state index contributed by atoms with van der Waals surface area (Å²) in [5.41, 5.74) is 0. The Morgan fingerprint density at radius 2 is 2.05 bits per heavy atom. The zero-order valence-corrected chi connectivity index (χ0v) is 12.1. The Bertz CT molecular complexity index is 712. The molecule has 106 valence electrons. The second kappa shape index (κ2) is 5.10. The highest BCUT2D eigenvalue weighted by atomic mass is 35.5. The minimum Gasteiger partial charge on any atom is -0.452 e. The lowest BCUT2D eigenvalue weighted by atomic mass is 10.3. The first-order chi connectivity index (χ1) is 9.55. The number of sulfone groups is 1. The molecule has 1 atom stereocenters. The van der Waals surface area contributed by atoms with E-state index in [-0.39, 0.29) is 17.5 Å². The Balaban J connectivity index is 1.83. The third-order valence-electron chi connectivity index (χ3n) is 3.23. The van der Waals surface area contributed by atoms with Gasteiger partial charge in [0.1, 0.15) is 5.75 Å². The van der Waals surface area contributed by atoms with Crippen LogP contribution in [0.4, 0.5) is 0 Å². The van der Waals surface area contributed by atoms with Crippen LogP contribution in [0.2, 0.25) is 5.15 Å². The molecule has 5 nitrogen and oxygen atoms in total. The Labute approximate surface area is 122 Å². The topological polar surface area (TPSA) is 61.2 Å². The van der Waals surface area contributed by atoms with Crippen LogP contribution in [0.3, 0.4) is 0 Å². The quantitative estimate of drug-likeness (QED) is 0.874. The van der Waals surface area contributed by atoms with Gasteiger partial charge in [0.15, 0.2) is 20.7 Å². The lowest BCUT2D eigenvalue weighted by Gasteiger charge is -2.10. The van der Waals surface area contributed by atoms with Crippen molar-refractivity contribution in [2.75, 3.05) is 11.5 Å². The van der Waals surface area contributed by atoms with Crippen molar-refractivity contribution in [3.8, 4) is 11.5 Å². The molecule has 0 bridgehead atoms. The van der Waals surface area contributed by atoms with E-state index in [1.165, 1.54) is 10.9 Å². The predicted molar refractivity (Wildman–Crippen MR) is 76.1 cm³/mol. The Hall–Kier alpha value is -1.53. The van der Waals surface area contributed by atoms with Crippen LogP contribution in [0, 0.1) is 0 Å². The molecule has 1 aromatic heterocycles. The second-order valence-electron chi connectivity index (χ2n) is 4.72. The fraction of sp³-hybridized carbons (Fsp3) is 0.308. The van der Waals surface area contributed by atoms with E-state index < -0.39 is 9.84 Å². The van der Waals surface area contributed by atoms with E-state index in [2.05, 4.69) is 5.10 Å². The van der Waals surface area contributed by atoms with Crippen LogP contribution in [0.25, 0.3) is 0 Å². The lowest BCUT2D eigenvalue weighted by Crippen LogP contribution is -2.12. The molecule has 7 heteroatoms. The van der Waals surface area contributed by atoms with E-state index in [0.29, 0.717) is 23.1 Å². The number of rotatable bonds is 3. The summed E-state index contributed by atoms with van der Waals surface area (Å²) in [6, 6.07) is 9.03. The average Bonchev–Trinajstić information content (AvgIpc) is 2.95. The number of nitrogens with zero attached hydrogens (tertiary/aromatic N) is 2. The molecule has 0 aliphatic carbocycles. The standard InChI is InChI=1S/C13H13ClN2O3S/c14-13-12(19-11-4-2-1-3-5-11)8-15-16(13)10-6-7-20(17,18)9-10/h1-5,8,10H,6-7,9H2. The van der Waals surface area contributed by atoms with Gasteiger partial charge in [-0.25, -0.2) is 13.1 Å². The normalized spacial score (nSPS) is 20.9. The highest BCUT2D eigenvalue weighted by molar-refractivity contribution is 7.91.